The molecule has 0 saturated carbocycles. The molecule has 166 valence electrons. The summed E-state index contributed by atoms with van der Waals surface area (Å²) in [6, 6.07) is 13.6. The van der Waals surface area contributed by atoms with Crippen LogP contribution in [0.25, 0.3) is 0 Å². The van der Waals surface area contributed by atoms with Crippen LogP contribution in [0, 0.1) is 0 Å². The van der Waals surface area contributed by atoms with Crippen molar-refractivity contribution in [3.63, 3.8) is 0 Å². The summed E-state index contributed by atoms with van der Waals surface area (Å²) < 4.78 is 16.4. The van der Waals surface area contributed by atoms with Crippen LogP contribution in [0.15, 0.2) is 47.5 Å². The molecule has 0 bridgehead atoms. The molecular formula is C22H27IN4O4. The highest BCUT2D eigenvalue weighted by Crippen LogP contribution is 2.35. The van der Waals surface area contributed by atoms with Gasteiger partial charge >= 0.3 is 0 Å². The highest BCUT2D eigenvalue weighted by molar-refractivity contribution is 14.0. The van der Waals surface area contributed by atoms with Crippen molar-refractivity contribution in [1.29, 1.82) is 0 Å². The summed E-state index contributed by atoms with van der Waals surface area (Å²) in [6.45, 7) is 2.78. The first-order valence-electron chi connectivity index (χ1n) is 10.1. The maximum absolute atomic E-state index is 11.8. The van der Waals surface area contributed by atoms with E-state index in [0.29, 0.717) is 37.8 Å². The summed E-state index contributed by atoms with van der Waals surface area (Å²) in [7, 11) is 1.73. The quantitative estimate of drug-likeness (QED) is 0.244. The van der Waals surface area contributed by atoms with Crippen molar-refractivity contribution in [3.8, 4) is 17.2 Å². The normalized spacial score (nSPS) is 14.9. The Labute approximate surface area is 199 Å². The van der Waals surface area contributed by atoms with Crippen LogP contribution in [-0.2, 0) is 11.3 Å². The lowest BCUT2D eigenvalue weighted by atomic mass is 10.2. The second-order valence-electron chi connectivity index (χ2n) is 7.03. The molecule has 0 atom stereocenters. The van der Waals surface area contributed by atoms with Crippen molar-refractivity contribution >= 4 is 41.5 Å². The molecule has 1 amide bonds. The zero-order valence-corrected chi connectivity index (χ0v) is 19.8. The molecule has 2 N–H and O–H groups in total. The van der Waals surface area contributed by atoms with Gasteiger partial charge in [-0.1, -0.05) is 12.1 Å². The van der Waals surface area contributed by atoms with Crippen molar-refractivity contribution in [2.75, 3.05) is 38.4 Å². The van der Waals surface area contributed by atoms with Crippen LogP contribution in [0.1, 0.15) is 18.4 Å². The third-order valence-electron chi connectivity index (χ3n) is 5.01. The zero-order chi connectivity index (χ0) is 20.8. The third-order valence-corrected chi connectivity index (χ3v) is 5.01. The number of guanidine groups is 1. The third kappa shape index (κ3) is 5.93. The van der Waals surface area contributed by atoms with Crippen molar-refractivity contribution in [2.45, 2.75) is 19.4 Å². The molecule has 0 radical (unpaired) electrons. The van der Waals surface area contributed by atoms with Gasteiger partial charge in [-0.15, -0.1) is 24.0 Å². The number of nitrogens with zero attached hydrogens (tertiary/aromatic N) is 2. The average Bonchev–Trinajstić information content (AvgIpc) is 3.42. The molecule has 9 heteroatoms. The SMILES string of the molecule is CN=C(NCCOc1ccc2c(c1)OCO2)NCc1ccc(N2CCCC2=O)cc1.I. The number of fused-ring (bicyclic) bond motifs is 1. The van der Waals surface area contributed by atoms with E-state index in [9.17, 15) is 4.79 Å². The van der Waals surface area contributed by atoms with Gasteiger partial charge in [0.15, 0.2) is 17.5 Å². The van der Waals surface area contributed by atoms with E-state index < -0.39 is 0 Å². The molecule has 4 rings (SSSR count). The Hall–Kier alpha value is -2.69. The second kappa shape index (κ2) is 11.1. The fourth-order valence-electron chi connectivity index (χ4n) is 3.43. The van der Waals surface area contributed by atoms with Crippen molar-refractivity contribution < 1.29 is 19.0 Å². The molecule has 2 aromatic carbocycles. The first-order chi connectivity index (χ1) is 14.7. The van der Waals surface area contributed by atoms with Gasteiger partial charge in [-0.25, -0.2) is 0 Å². The molecule has 31 heavy (non-hydrogen) atoms. The molecule has 8 nitrogen and oxygen atoms in total. The van der Waals surface area contributed by atoms with Crippen LogP contribution < -0.4 is 29.7 Å². The van der Waals surface area contributed by atoms with E-state index in [4.69, 9.17) is 14.2 Å². The molecular weight excluding hydrogens is 511 g/mol. The first-order valence-corrected chi connectivity index (χ1v) is 10.1. The van der Waals surface area contributed by atoms with E-state index in [1.165, 1.54) is 0 Å². The molecule has 2 aliphatic rings. The predicted octanol–water partition coefficient (Wildman–Crippen LogP) is 2.90. The summed E-state index contributed by atoms with van der Waals surface area (Å²) in [5.74, 6) is 3.08. The van der Waals surface area contributed by atoms with Crippen LogP contribution in [0.5, 0.6) is 17.2 Å². The zero-order valence-electron chi connectivity index (χ0n) is 17.4. The number of rotatable bonds is 7. The molecule has 0 aromatic heterocycles. The fraction of sp³-hybridized carbons (Fsp3) is 0.364. The van der Waals surface area contributed by atoms with Gasteiger partial charge in [-0.2, -0.15) is 0 Å². The number of nitrogens with one attached hydrogen (secondary N) is 2. The molecule has 2 heterocycles. The number of anilines is 1. The van der Waals surface area contributed by atoms with Crippen molar-refractivity contribution in [2.24, 2.45) is 4.99 Å². The maximum atomic E-state index is 11.8. The van der Waals surface area contributed by atoms with E-state index in [2.05, 4.69) is 15.6 Å². The number of hydrogen-bond donors (Lipinski definition) is 2. The van der Waals surface area contributed by atoms with Crippen LogP contribution in [0.3, 0.4) is 0 Å². The Balaban J connectivity index is 0.00000272. The van der Waals surface area contributed by atoms with E-state index in [1.807, 2.05) is 47.4 Å². The number of carbonyl (C=O) groups is 1. The van der Waals surface area contributed by atoms with Crippen LogP contribution in [0.4, 0.5) is 5.69 Å². The van der Waals surface area contributed by atoms with Gasteiger partial charge in [-0.3, -0.25) is 9.79 Å². The van der Waals surface area contributed by atoms with Gasteiger partial charge < -0.3 is 29.7 Å². The monoisotopic (exact) mass is 538 g/mol. The molecule has 1 fully saturated rings. The first kappa shape index (κ1) is 23.0. The Morgan fingerprint density at radius 2 is 1.94 bits per heavy atom. The van der Waals surface area contributed by atoms with E-state index in [0.717, 1.165) is 35.7 Å². The number of benzene rings is 2. The lowest BCUT2D eigenvalue weighted by Gasteiger charge is -2.16. The summed E-state index contributed by atoms with van der Waals surface area (Å²) >= 11 is 0. The Morgan fingerprint density at radius 1 is 1.13 bits per heavy atom. The second-order valence-corrected chi connectivity index (χ2v) is 7.03. The van der Waals surface area contributed by atoms with Crippen LogP contribution >= 0.6 is 24.0 Å². The fourth-order valence-corrected chi connectivity index (χ4v) is 3.43. The summed E-state index contributed by atoms with van der Waals surface area (Å²) in [4.78, 5) is 17.9. The van der Waals surface area contributed by atoms with Crippen LogP contribution in [-0.4, -0.2) is 45.4 Å². The Kier molecular flexibility index (Phi) is 8.21. The van der Waals surface area contributed by atoms with Gasteiger partial charge in [0, 0.05) is 38.3 Å². The highest BCUT2D eigenvalue weighted by atomic mass is 127. The van der Waals surface area contributed by atoms with Crippen molar-refractivity contribution in [3.05, 3.63) is 48.0 Å². The minimum atomic E-state index is 0. The van der Waals surface area contributed by atoms with Gasteiger partial charge in [0.05, 0.1) is 6.54 Å². The number of ether oxygens (including phenoxy) is 3. The lowest BCUT2D eigenvalue weighted by molar-refractivity contribution is -0.117. The number of amides is 1. The smallest absolute Gasteiger partial charge is 0.231 e. The standard InChI is InChI=1S/C22H26N4O4.HI/c1-23-22(24-10-12-28-18-8-9-19-20(13-18)30-15-29-19)25-14-16-4-6-17(7-5-16)26-11-2-3-21(26)27;/h4-9,13H,2-3,10-12,14-15H2,1H3,(H2,23,24,25);1H. The number of carbonyl (C=O) groups excluding carboxylic acids is 1. The predicted molar refractivity (Wildman–Crippen MR) is 130 cm³/mol. The number of aliphatic imine (C=N–C) groups is 1. The minimum Gasteiger partial charge on any atom is -0.492 e. The minimum absolute atomic E-state index is 0. The molecule has 0 aliphatic carbocycles. The van der Waals surface area contributed by atoms with Gasteiger partial charge in [0.25, 0.3) is 0 Å². The summed E-state index contributed by atoms with van der Waals surface area (Å²) in [6.07, 6.45) is 1.58. The molecule has 0 spiro atoms. The molecule has 0 unspecified atom stereocenters. The number of hydrogen-bond acceptors (Lipinski definition) is 5. The van der Waals surface area contributed by atoms with Gasteiger partial charge in [0.2, 0.25) is 12.7 Å². The maximum Gasteiger partial charge on any atom is 0.231 e. The summed E-state index contributed by atoms with van der Waals surface area (Å²) in [5, 5.41) is 6.51. The molecule has 2 aromatic rings. The van der Waals surface area contributed by atoms with E-state index in [1.54, 1.807) is 7.05 Å². The molecule has 1 saturated heterocycles. The Morgan fingerprint density at radius 3 is 2.68 bits per heavy atom. The van der Waals surface area contributed by atoms with Crippen molar-refractivity contribution in [1.82, 2.24) is 10.6 Å². The average molecular weight is 538 g/mol. The topological polar surface area (TPSA) is 84.4 Å². The van der Waals surface area contributed by atoms with E-state index >= 15 is 0 Å². The lowest BCUT2D eigenvalue weighted by Crippen LogP contribution is -2.38. The van der Waals surface area contributed by atoms with E-state index in [-0.39, 0.29) is 36.7 Å². The van der Waals surface area contributed by atoms with Crippen LogP contribution in [0.2, 0.25) is 0 Å². The van der Waals surface area contributed by atoms with Gasteiger partial charge in [0.1, 0.15) is 12.4 Å². The Bertz CT molecular complexity index is 920. The highest BCUT2D eigenvalue weighted by Gasteiger charge is 2.21. The molecule has 2 aliphatic heterocycles. The summed E-state index contributed by atoms with van der Waals surface area (Å²) in [5.41, 5.74) is 2.08. The van der Waals surface area contributed by atoms with Gasteiger partial charge in [-0.05, 0) is 36.2 Å². The number of halogens is 1. The largest absolute Gasteiger partial charge is 0.492 e.